The first-order valence-corrected chi connectivity index (χ1v) is 13.9. The van der Waals surface area contributed by atoms with E-state index in [1.807, 2.05) is 0 Å². The van der Waals surface area contributed by atoms with Crippen molar-refractivity contribution in [2.24, 2.45) is 5.10 Å². The number of aromatic nitrogens is 2. The second kappa shape index (κ2) is 12.5. The first-order chi connectivity index (χ1) is 21.9. The van der Waals surface area contributed by atoms with Crippen molar-refractivity contribution in [3.05, 3.63) is 112 Å². The van der Waals surface area contributed by atoms with Gasteiger partial charge in [0.25, 0.3) is 11.5 Å². The second-order valence-electron chi connectivity index (χ2n) is 9.64. The second-order valence-corrected chi connectivity index (χ2v) is 10.1. The van der Waals surface area contributed by atoms with E-state index in [9.17, 15) is 14.0 Å². The molecule has 0 fully saturated rings. The number of anilines is 1. The van der Waals surface area contributed by atoms with Crippen LogP contribution in [0.1, 0.15) is 5.56 Å². The number of carbonyl (C=O) groups is 1. The molecule has 0 saturated heterocycles. The number of hydrogen-bond acceptors (Lipinski definition) is 8. The van der Waals surface area contributed by atoms with E-state index in [2.05, 4.69) is 10.4 Å². The maximum Gasteiger partial charge on any atom is 0.282 e. The Labute approximate surface area is 260 Å². The zero-order valence-corrected chi connectivity index (χ0v) is 24.7. The molecule has 0 spiro atoms. The maximum atomic E-state index is 14.0. The van der Waals surface area contributed by atoms with E-state index >= 15 is 0 Å². The number of methoxy groups -OCH3 is 2. The van der Waals surface area contributed by atoms with Crippen molar-refractivity contribution in [1.29, 1.82) is 0 Å². The van der Waals surface area contributed by atoms with Crippen LogP contribution >= 0.6 is 11.6 Å². The summed E-state index contributed by atoms with van der Waals surface area (Å²) in [6.45, 7) is -0.489. The van der Waals surface area contributed by atoms with E-state index in [4.69, 9.17) is 35.2 Å². The van der Waals surface area contributed by atoms with Crippen LogP contribution in [-0.2, 0) is 4.79 Å². The maximum absolute atomic E-state index is 14.0. The fourth-order valence-corrected chi connectivity index (χ4v) is 4.93. The third kappa shape index (κ3) is 5.93. The monoisotopic (exact) mass is 626 g/mol. The number of nitrogens with zero attached hydrogens (tertiary/aromatic N) is 3. The minimum atomic E-state index is -0.613. The van der Waals surface area contributed by atoms with Crippen LogP contribution in [-0.4, -0.2) is 42.6 Å². The molecule has 0 aliphatic carbocycles. The lowest BCUT2D eigenvalue weighted by Crippen LogP contribution is -2.21. The van der Waals surface area contributed by atoms with Crippen LogP contribution in [0.4, 0.5) is 10.1 Å². The molecule has 4 aromatic carbocycles. The van der Waals surface area contributed by atoms with Crippen LogP contribution in [0.2, 0.25) is 5.02 Å². The Hall–Kier alpha value is -5.68. The van der Waals surface area contributed by atoms with Crippen molar-refractivity contribution in [2.45, 2.75) is 0 Å². The summed E-state index contributed by atoms with van der Waals surface area (Å²) >= 11 is 6.35. The third-order valence-electron chi connectivity index (χ3n) is 6.79. The van der Waals surface area contributed by atoms with E-state index in [0.717, 1.165) is 4.68 Å². The number of furan rings is 1. The van der Waals surface area contributed by atoms with Crippen molar-refractivity contribution in [3.8, 4) is 28.8 Å². The Bertz CT molecular complexity index is 2160. The molecule has 0 bridgehead atoms. The summed E-state index contributed by atoms with van der Waals surface area (Å²) in [5.74, 6) is 0.122. The van der Waals surface area contributed by atoms with Crippen molar-refractivity contribution in [2.75, 3.05) is 26.1 Å². The fourth-order valence-electron chi connectivity index (χ4n) is 4.71. The third-order valence-corrected chi connectivity index (χ3v) is 7.01. The van der Waals surface area contributed by atoms with Crippen molar-refractivity contribution >= 4 is 51.3 Å². The highest BCUT2D eigenvalue weighted by atomic mass is 35.5. The van der Waals surface area contributed by atoms with Crippen molar-refractivity contribution in [1.82, 2.24) is 9.66 Å². The van der Waals surface area contributed by atoms with Crippen molar-refractivity contribution < 1.29 is 27.8 Å². The van der Waals surface area contributed by atoms with E-state index in [0.29, 0.717) is 27.6 Å². The molecule has 10 nitrogen and oxygen atoms in total. The molecule has 0 aliphatic rings. The average Bonchev–Trinajstić information content (AvgIpc) is 3.49. The molecule has 45 heavy (non-hydrogen) atoms. The predicted octanol–water partition coefficient (Wildman–Crippen LogP) is 6.52. The van der Waals surface area contributed by atoms with Gasteiger partial charge in [-0.05, 0) is 48.5 Å². The number of fused-ring (bicyclic) bond motifs is 2. The number of ether oxygens (including phenoxy) is 3. The Morgan fingerprint density at radius 2 is 1.78 bits per heavy atom. The summed E-state index contributed by atoms with van der Waals surface area (Å²) in [7, 11) is 2.96. The molecule has 1 amide bonds. The van der Waals surface area contributed by atoms with E-state index in [1.165, 1.54) is 43.7 Å². The lowest BCUT2D eigenvalue weighted by atomic mass is 10.2. The highest BCUT2D eigenvalue weighted by Gasteiger charge is 2.19. The van der Waals surface area contributed by atoms with Gasteiger partial charge in [0.1, 0.15) is 17.1 Å². The molecule has 0 radical (unpaired) electrons. The number of amides is 1. The largest absolute Gasteiger partial charge is 0.496 e. The lowest BCUT2D eigenvalue weighted by Gasteiger charge is -2.14. The normalized spacial score (nSPS) is 11.3. The molecule has 2 heterocycles. The number of hydrogen-bond donors (Lipinski definition) is 1. The van der Waals surface area contributed by atoms with Gasteiger partial charge in [-0.25, -0.2) is 9.37 Å². The van der Waals surface area contributed by atoms with Gasteiger partial charge in [0, 0.05) is 16.7 Å². The quantitative estimate of drug-likeness (QED) is 0.182. The van der Waals surface area contributed by atoms with Crippen LogP contribution in [0.25, 0.3) is 33.5 Å². The Balaban J connectivity index is 1.41. The fraction of sp³-hybridized carbons (Fsp3) is 0.0909. The number of nitrogens with one attached hydrogen (secondary N) is 1. The summed E-state index contributed by atoms with van der Waals surface area (Å²) in [6, 6.07) is 22.8. The van der Waals surface area contributed by atoms with Crippen LogP contribution in [0, 0.1) is 5.82 Å². The topological polar surface area (TPSA) is 117 Å². The molecule has 6 aromatic rings. The standard InChI is InChI=1S/C33H24ClFN4O6/c1-42-26-12-7-13-27-22(26)16-29(45-27)32-38-24-10-5-3-8-21(24)33(41)39(32)36-17-19-14-20(34)15-28(43-2)31(19)44-18-30(40)37-25-11-6-4-9-23(25)35/h3-17H,18H2,1-2H3,(H,37,40). The van der Waals surface area contributed by atoms with Gasteiger partial charge in [-0.1, -0.05) is 41.9 Å². The summed E-state index contributed by atoms with van der Waals surface area (Å²) in [4.78, 5) is 31.1. The van der Waals surface area contributed by atoms with Gasteiger partial charge in [0.2, 0.25) is 5.82 Å². The summed E-state index contributed by atoms with van der Waals surface area (Å²) in [5.41, 5.74) is 0.821. The van der Waals surface area contributed by atoms with Gasteiger partial charge in [-0.2, -0.15) is 9.78 Å². The van der Waals surface area contributed by atoms with Crippen LogP contribution in [0.5, 0.6) is 17.2 Å². The van der Waals surface area contributed by atoms with E-state index in [-0.39, 0.29) is 39.4 Å². The summed E-state index contributed by atoms with van der Waals surface area (Å²) < 4.78 is 37.9. The van der Waals surface area contributed by atoms with E-state index in [1.54, 1.807) is 61.7 Å². The van der Waals surface area contributed by atoms with Crippen LogP contribution in [0.15, 0.2) is 99.2 Å². The number of halogens is 2. The molecular formula is C33H24ClFN4O6. The van der Waals surface area contributed by atoms with E-state index < -0.39 is 23.9 Å². The molecule has 6 rings (SSSR count). The molecule has 0 atom stereocenters. The van der Waals surface area contributed by atoms with Crippen molar-refractivity contribution in [3.63, 3.8) is 0 Å². The smallest absolute Gasteiger partial charge is 0.282 e. The minimum absolute atomic E-state index is 0.00914. The Kier molecular flexibility index (Phi) is 8.17. The number of rotatable bonds is 9. The van der Waals surface area contributed by atoms with Gasteiger partial charge in [-0.3, -0.25) is 9.59 Å². The molecule has 2 aromatic heterocycles. The number of para-hydroxylation sites is 2. The number of benzene rings is 4. The zero-order chi connectivity index (χ0) is 31.5. The first kappa shape index (κ1) is 29.4. The van der Waals surface area contributed by atoms with Gasteiger partial charge < -0.3 is 23.9 Å². The minimum Gasteiger partial charge on any atom is -0.496 e. The highest BCUT2D eigenvalue weighted by molar-refractivity contribution is 6.31. The summed E-state index contributed by atoms with van der Waals surface area (Å²) in [6.07, 6.45) is 1.34. The van der Waals surface area contributed by atoms with Crippen LogP contribution in [0.3, 0.4) is 0 Å². The van der Waals surface area contributed by atoms with Gasteiger partial charge in [0.15, 0.2) is 23.9 Å². The zero-order valence-electron chi connectivity index (χ0n) is 23.9. The van der Waals surface area contributed by atoms with Crippen LogP contribution < -0.4 is 25.1 Å². The number of carbonyl (C=O) groups excluding carboxylic acids is 1. The molecule has 0 unspecified atom stereocenters. The molecule has 0 saturated carbocycles. The molecular weight excluding hydrogens is 603 g/mol. The van der Waals surface area contributed by atoms with Gasteiger partial charge >= 0.3 is 0 Å². The molecule has 226 valence electrons. The molecule has 1 N–H and O–H groups in total. The Morgan fingerprint density at radius 1 is 1.00 bits per heavy atom. The van der Waals surface area contributed by atoms with Gasteiger partial charge in [-0.15, -0.1) is 0 Å². The lowest BCUT2D eigenvalue weighted by molar-refractivity contribution is -0.118. The highest BCUT2D eigenvalue weighted by Crippen LogP contribution is 2.35. The Morgan fingerprint density at radius 3 is 2.58 bits per heavy atom. The molecule has 0 aliphatic heterocycles. The summed E-state index contributed by atoms with van der Waals surface area (Å²) in [5, 5.41) is 8.25. The van der Waals surface area contributed by atoms with Gasteiger partial charge in [0.05, 0.1) is 42.4 Å². The average molecular weight is 627 g/mol. The first-order valence-electron chi connectivity index (χ1n) is 13.5. The SMILES string of the molecule is COc1cc(Cl)cc(C=Nn2c(-c3cc4c(OC)cccc4o3)nc3ccccc3c2=O)c1OCC(=O)Nc1ccccc1F. The molecule has 12 heteroatoms. The predicted molar refractivity (Wildman–Crippen MR) is 169 cm³/mol.